The Kier molecular flexibility index (Phi) is 6.46. The minimum Gasteiger partial charge on any atom is -0.465 e. The van der Waals surface area contributed by atoms with Crippen LogP contribution in [0.4, 0.5) is 0 Å². The van der Waals surface area contributed by atoms with E-state index in [4.69, 9.17) is 9.84 Å². The molecule has 1 aliphatic carbocycles. The molecule has 0 radical (unpaired) electrons. The van der Waals surface area contributed by atoms with Gasteiger partial charge in [0.25, 0.3) is 0 Å². The van der Waals surface area contributed by atoms with E-state index in [1.54, 1.807) is 0 Å². The zero-order valence-electron chi connectivity index (χ0n) is 11.6. The first kappa shape index (κ1) is 15.8. The van der Waals surface area contributed by atoms with Gasteiger partial charge < -0.3 is 15.2 Å². The highest BCUT2D eigenvalue weighted by Crippen LogP contribution is 2.39. The molecule has 0 bridgehead atoms. The summed E-state index contributed by atoms with van der Waals surface area (Å²) >= 11 is 1.88. The van der Waals surface area contributed by atoms with Gasteiger partial charge in [-0.3, -0.25) is 4.79 Å². The maximum absolute atomic E-state index is 12.0. The van der Waals surface area contributed by atoms with E-state index in [0.29, 0.717) is 17.1 Å². The molecule has 1 saturated carbocycles. The fourth-order valence-corrected chi connectivity index (χ4v) is 4.01. The first-order chi connectivity index (χ1) is 8.57. The van der Waals surface area contributed by atoms with E-state index in [9.17, 15) is 4.79 Å². The zero-order valence-corrected chi connectivity index (χ0v) is 12.4. The number of nitrogens with one attached hydrogen (secondary N) is 1. The highest BCUT2D eigenvalue weighted by Gasteiger charge is 2.45. The van der Waals surface area contributed by atoms with Gasteiger partial charge in [-0.2, -0.15) is 11.8 Å². The number of hydrogen-bond donors (Lipinski definition) is 2. The summed E-state index contributed by atoms with van der Waals surface area (Å²) in [5.74, 6) is -0.120. The van der Waals surface area contributed by atoms with Gasteiger partial charge in [-0.25, -0.2) is 0 Å². The zero-order chi connectivity index (χ0) is 13.6. The summed E-state index contributed by atoms with van der Waals surface area (Å²) in [5.41, 5.74) is -0.493. The molecule has 1 aliphatic rings. The van der Waals surface area contributed by atoms with Crippen molar-refractivity contribution >= 4 is 17.7 Å². The van der Waals surface area contributed by atoms with Crippen molar-refractivity contribution < 1.29 is 14.6 Å². The molecular weight excluding hydrogens is 250 g/mol. The number of carbonyl (C=O) groups excluding carboxylic acids is 1. The summed E-state index contributed by atoms with van der Waals surface area (Å²) in [6.07, 6.45) is 3.50. The van der Waals surface area contributed by atoms with Gasteiger partial charge >= 0.3 is 5.97 Å². The lowest BCUT2D eigenvalue weighted by molar-refractivity contribution is -0.150. The molecule has 5 heteroatoms. The molecule has 0 saturated heterocycles. The first-order valence-electron chi connectivity index (χ1n) is 6.70. The molecule has 1 rings (SSSR count). The van der Waals surface area contributed by atoms with Crippen molar-refractivity contribution in [2.45, 2.75) is 55.6 Å². The molecule has 0 spiro atoms. The van der Waals surface area contributed by atoms with Gasteiger partial charge in [0, 0.05) is 17.1 Å². The predicted molar refractivity (Wildman–Crippen MR) is 74.8 cm³/mol. The summed E-state index contributed by atoms with van der Waals surface area (Å²) in [5, 5.41) is 13.0. The van der Waals surface area contributed by atoms with Crippen LogP contribution in [0.25, 0.3) is 0 Å². The van der Waals surface area contributed by atoms with Crippen LogP contribution in [-0.4, -0.2) is 47.4 Å². The Morgan fingerprint density at radius 1 is 1.67 bits per heavy atom. The second kappa shape index (κ2) is 7.36. The number of aliphatic hydroxyl groups is 1. The lowest BCUT2D eigenvalue weighted by Gasteiger charge is -2.26. The van der Waals surface area contributed by atoms with Gasteiger partial charge in [-0.05, 0) is 39.7 Å². The molecule has 0 aromatic heterocycles. The van der Waals surface area contributed by atoms with E-state index in [-0.39, 0.29) is 12.6 Å². The molecule has 0 aromatic rings. The normalized spacial score (nSPS) is 29.2. The average molecular weight is 275 g/mol. The van der Waals surface area contributed by atoms with Crippen LogP contribution in [-0.2, 0) is 9.53 Å². The Labute approximate surface area is 114 Å². The van der Waals surface area contributed by atoms with Gasteiger partial charge in [-0.1, -0.05) is 6.92 Å². The summed E-state index contributed by atoms with van der Waals surface area (Å²) in [6.45, 7) is 4.63. The molecule has 0 amide bonds. The first-order valence-corrected chi connectivity index (χ1v) is 7.64. The fraction of sp³-hybridized carbons (Fsp3) is 0.923. The van der Waals surface area contributed by atoms with Gasteiger partial charge in [0.1, 0.15) is 5.54 Å². The minimum atomic E-state index is -0.493. The maximum atomic E-state index is 12.0. The quantitative estimate of drug-likeness (QED) is 0.691. The molecule has 3 atom stereocenters. The Morgan fingerprint density at radius 2 is 2.39 bits per heavy atom. The van der Waals surface area contributed by atoms with Crippen LogP contribution in [0.15, 0.2) is 0 Å². The van der Waals surface area contributed by atoms with Crippen LogP contribution in [0.5, 0.6) is 0 Å². The SMILES string of the molecule is CCOC(=O)C1(NC)CCC(SC(C)CCO)C1. The second-order valence-electron chi connectivity index (χ2n) is 4.88. The third-order valence-electron chi connectivity index (χ3n) is 3.57. The molecule has 1 fully saturated rings. The summed E-state index contributed by atoms with van der Waals surface area (Å²) in [6, 6.07) is 0. The molecule has 18 heavy (non-hydrogen) atoms. The van der Waals surface area contributed by atoms with Crippen molar-refractivity contribution in [3.63, 3.8) is 0 Å². The van der Waals surface area contributed by atoms with Crippen LogP contribution >= 0.6 is 11.8 Å². The van der Waals surface area contributed by atoms with Crippen LogP contribution in [0, 0.1) is 0 Å². The molecule has 0 aromatic carbocycles. The van der Waals surface area contributed by atoms with E-state index in [1.807, 2.05) is 25.7 Å². The van der Waals surface area contributed by atoms with Crippen LogP contribution < -0.4 is 5.32 Å². The van der Waals surface area contributed by atoms with Crippen molar-refractivity contribution in [3.8, 4) is 0 Å². The van der Waals surface area contributed by atoms with Gasteiger partial charge in [-0.15, -0.1) is 0 Å². The van der Waals surface area contributed by atoms with Crippen LogP contribution in [0.1, 0.15) is 39.5 Å². The molecule has 3 unspecified atom stereocenters. The van der Waals surface area contributed by atoms with Crippen molar-refractivity contribution in [2.75, 3.05) is 20.3 Å². The van der Waals surface area contributed by atoms with E-state index in [2.05, 4.69) is 12.2 Å². The fourth-order valence-electron chi connectivity index (χ4n) is 2.48. The van der Waals surface area contributed by atoms with E-state index < -0.39 is 5.54 Å². The van der Waals surface area contributed by atoms with Gasteiger partial charge in [0.15, 0.2) is 0 Å². The van der Waals surface area contributed by atoms with Gasteiger partial charge in [0.05, 0.1) is 6.61 Å². The lowest BCUT2D eigenvalue weighted by Crippen LogP contribution is -2.49. The van der Waals surface area contributed by atoms with Crippen LogP contribution in [0.3, 0.4) is 0 Å². The van der Waals surface area contributed by atoms with E-state index in [1.165, 1.54) is 0 Å². The molecule has 4 nitrogen and oxygen atoms in total. The highest BCUT2D eigenvalue weighted by molar-refractivity contribution is 8.00. The highest BCUT2D eigenvalue weighted by atomic mass is 32.2. The number of carbonyl (C=O) groups is 1. The number of likely N-dealkylation sites (N-methyl/N-ethyl adjacent to an activating group) is 1. The Balaban J connectivity index is 2.53. The number of aliphatic hydroxyl groups excluding tert-OH is 1. The summed E-state index contributed by atoms with van der Waals surface area (Å²) in [4.78, 5) is 12.0. The predicted octanol–water partition coefficient (Wildman–Crippen LogP) is 1.56. The number of thioether (sulfide) groups is 1. The van der Waals surface area contributed by atoms with Crippen molar-refractivity contribution in [2.24, 2.45) is 0 Å². The van der Waals surface area contributed by atoms with E-state index >= 15 is 0 Å². The number of hydrogen-bond acceptors (Lipinski definition) is 5. The molecule has 2 N–H and O–H groups in total. The third-order valence-corrected chi connectivity index (χ3v) is 5.06. The van der Waals surface area contributed by atoms with Crippen molar-refractivity contribution in [1.82, 2.24) is 5.32 Å². The molecule has 0 heterocycles. The largest absolute Gasteiger partial charge is 0.465 e. The molecule has 0 aliphatic heterocycles. The van der Waals surface area contributed by atoms with Gasteiger partial charge in [0.2, 0.25) is 0 Å². The topological polar surface area (TPSA) is 58.6 Å². The number of ether oxygens (including phenoxy) is 1. The number of esters is 1. The Bertz CT molecular complexity index is 275. The smallest absolute Gasteiger partial charge is 0.326 e. The lowest BCUT2D eigenvalue weighted by atomic mass is 9.98. The Morgan fingerprint density at radius 3 is 2.94 bits per heavy atom. The van der Waals surface area contributed by atoms with Crippen LogP contribution in [0.2, 0.25) is 0 Å². The number of rotatable bonds is 7. The molecule has 106 valence electrons. The second-order valence-corrected chi connectivity index (χ2v) is 6.62. The maximum Gasteiger partial charge on any atom is 0.326 e. The summed E-state index contributed by atoms with van der Waals surface area (Å²) in [7, 11) is 1.83. The Hall–Kier alpha value is -0.260. The van der Waals surface area contributed by atoms with Crippen molar-refractivity contribution in [1.29, 1.82) is 0 Å². The van der Waals surface area contributed by atoms with Crippen molar-refractivity contribution in [3.05, 3.63) is 0 Å². The standard InChI is InChI=1S/C13H25NO3S/c1-4-17-12(16)13(14-3)7-5-11(9-13)18-10(2)6-8-15/h10-11,14-15H,4-9H2,1-3H3. The minimum absolute atomic E-state index is 0.120. The monoisotopic (exact) mass is 275 g/mol. The molecular formula is C13H25NO3S. The average Bonchev–Trinajstić information content (AvgIpc) is 2.74. The summed E-state index contributed by atoms with van der Waals surface area (Å²) < 4.78 is 5.17. The third kappa shape index (κ3) is 3.87. The van der Waals surface area contributed by atoms with E-state index in [0.717, 1.165) is 25.7 Å².